The minimum Gasteiger partial charge on any atom is -0.478 e. The quantitative estimate of drug-likeness (QED) is 0.667. The van der Waals surface area contributed by atoms with Crippen molar-refractivity contribution in [2.24, 2.45) is 0 Å². The molecule has 0 aliphatic rings. The Bertz CT molecular complexity index is 491. The fourth-order valence-corrected chi connectivity index (χ4v) is 1.61. The van der Waals surface area contributed by atoms with Crippen molar-refractivity contribution in [3.8, 4) is 5.88 Å². The summed E-state index contributed by atoms with van der Waals surface area (Å²) in [5.41, 5.74) is -2.21. The Hall–Kier alpha value is -1.45. The molecule has 1 rings (SSSR count). The van der Waals surface area contributed by atoms with Gasteiger partial charge in [0.15, 0.2) is 0 Å². The smallest absolute Gasteiger partial charge is 0.478 e. The van der Waals surface area contributed by atoms with Gasteiger partial charge in [-0.1, -0.05) is 15.9 Å². The van der Waals surface area contributed by atoms with E-state index in [2.05, 4.69) is 25.7 Å². The second-order valence-electron chi connectivity index (χ2n) is 3.16. The number of alkyl halides is 6. The molecule has 1 N–H and O–H groups in total. The number of carboxylic acid groups (broad SMARTS) is 1. The molecule has 0 fully saturated rings. The maximum atomic E-state index is 12.6. The first kappa shape index (κ1) is 15.6. The molecule has 0 bridgehead atoms. The summed E-state index contributed by atoms with van der Waals surface area (Å²) in [5.74, 6) is -2.94. The van der Waals surface area contributed by atoms with E-state index in [1.807, 2.05) is 0 Å². The molecule has 0 saturated carbocycles. The Kier molecular flexibility index (Phi) is 4.66. The standard InChI is InChI=1S/C9H5BrF5NO3/c10-2-5-3(8(17)18)1-4(6(11)12)7(16-5)19-9(13,14)15/h1,6H,2H2,(H,17,18). The van der Waals surface area contributed by atoms with Gasteiger partial charge in [-0.05, 0) is 6.07 Å². The molecule has 106 valence electrons. The first-order chi connectivity index (χ1) is 8.65. The Labute approximate surface area is 111 Å². The van der Waals surface area contributed by atoms with Crippen molar-refractivity contribution in [1.29, 1.82) is 0 Å². The van der Waals surface area contributed by atoms with E-state index in [0.717, 1.165) is 0 Å². The van der Waals surface area contributed by atoms with Gasteiger partial charge in [-0.3, -0.25) is 0 Å². The van der Waals surface area contributed by atoms with Gasteiger partial charge in [0.05, 0.1) is 16.8 Å². The van der Waals surface area contributed by atoms with Crippen molar-refractivity contribution in [3.63, 3.8) is 0 Å². The maximum Gasteiger partial charge on any atom is 0.574 e. The lowest BCUT2D eigenvalue weighted by Crippen LogP contribution is -2.20. The summed E-state index contributed by atoms with van der Waals surface area (Å²) < 4.78 is 64.7. The molecule has 1 aromatic rings. The SMILES string of the molecule is O=C(O)c1cc(C(F)F)c(OC(F)(F)F)nc1CBr. The number of nitrogens with zero attached hydrogens (tertiary/aromatic N) is 1. The van der Waals surface area contributed by atoms with Crippen LogP contribution in [0.3, 0.4) is 0 Å². The number of hydrogen-bond acceptors (Lipinski definition) is 3. The summed E-state index contributed by atoms with van der Waals surface area (Å²) in [6, 6.07) is 0.414. The van der Waals surface area contributed by atoms with E-state index in [0.29, 0.717) is 6.07 Å². The molecule has 0 radical (unpaired) electrons. The summed E-state index contributed by atoms with van der Waals surface area (Å²) in [7, 11) is 0. The van der Waals surface area contributed by atoms with Gasteiger partial charge in [0.2, 0.25) is 5.88 Å². The van der Waals surface area contributed by atoms with Crippen molar-refractivity contribution in [2.75, 3.05) is 0 Å². The minimum absolute atomic E-state index is 0.230. The third-order valence-corrected chi connectivity index (χ3v) is 2.43. The Balaban J connectivity index is 3.40. The molecule has 0 unspecified atom stereocenters. The summed E-state index contributed by atoms with van der Waals surface area (Å²) in [6.45, 7) is 0. The molecule has 10 heteroatoms. The Morgan fingerprint density at radius 2 is 2.05 bits per heavy atom. The van der Waals surface area contributed by atoms with Crippen molar-refractivity contribution < 1.29 is 36.6 Å². The van der Waals surface area contributed by atoms with Crippen LogP contribution >= 0.6 is 15.9 Å². The number of carbonyl (C=O) groups is 1. The number of aromatic nitrogens is 1. The second-order valence-corrected chi connectivity index (χ2v) is 3.73. The van der Waals surface area contributed by atoms with Crippen LogP contribution in [-0.2, 0) is 5.33 Å². The third-order valence-electron chi connectivity index (χ3n) is 1.90. The highest BCUT2D eigenvalue weighted by Crippen LogP contribution is 2.33. The summed E-state index contributed by atoms with van der Waals surface area (Å²) in [5, 5.41) is 8.53. The van der Waals surface area contributed by atoms with Gasteiger partial charge >= 0.3 is 12.3 Å². The van der Waals surface area contributed by atoms with E-state index in [1.165, 1.54) is 0 Å². The van der Waals surface area contributed by atoms with Crippen LogP contribution in [0, 0.1) is 0 Å². The van der Waals surface area contributed by atoms with Crippen molar-refractivity contribution in [2.45, 2.75) is 18.1 Å². The molecule has 1 aromatic heterocycles. The highest BCUT2D eigenvalue weighted by Gasteiger charge is 2.35. The number of halogens is 6. The van der Waals surface area contributed by atoms with E-state index in [1.54, 1.807) is 0 Å². The predicted molar refractivity (Wildman–Crippen MR) is 55.5 cm³/mol. The zero-order chi connectivity index (χ0) is 14.8. The molecule has 0 saturated heterocycles. The fourth-order valence-electron chi connectivity index (χ4n) is 1.18. The van der Waals surface area contributed by atoms with Crippen LogP contribution in [0.2, 0.25) is 0 Å². The van der Waals surface area contributed by atoms with Crippen LogP contribution in [0.4, 0.5) is 22.0 Å². The molecule has 0 aliphatic heterocycles. The first-order valence-corrected chi connectivity index (χ1v) is 5.64. The van der Waals surface area contributed by atoms with Crippen LogP contribution in [0.5, 0.6) is 5.88 Å². The average molecular weight is 350 g/mol. The van der Waals surface area contributed by atoms with Gasteiger partial charge < -0.3 is 9.84 Å². The summed E-state index contributed by atoms with van der Waals surface area (Å²) >= 11 is 2.80. The molecular formula is C9H5BrF5NO3. The Morgan fingerprint density at radius 1 is 1.47 bits per heavy atom. The predicted octanol–water partition coefficient (Wildman–Crippen LogP) is 3.51. The molecule has 0 amide bonds. The molecule has 0 spiro atoms. The number of ether oxygens (including phenoxy) is 1. The highest BCUT2D eigenvalue weighted by atomic mass is 79.9. The molecule has 4 nitrogen and oxygen atoms in total. The largest absolute Gasteiger partial charge is 0.574 e. The lowest BCUT2D eigenvalue weighted by atomic mass is 10.1. The minimum atomic E-state index is -5.20. The lowest BCUT2D eigenvalue weighted by Gasteiger charge is -2.14. The van der Waals surface area contributed by atoms with E-state index in [9.17, 15) is 26.7 Å². The summed E-state index contributed by atoms with van der Waals surface area (Å²) in [6.07, 6.45) is -8.56. The second kappa shape index (κ2) is 5.68. The molecule has 0 aromatic carbocycles. The zero-order valence-corrected chi connectivity index (χ0v) is 10.4. The Morgan fingerprint density at radius 3 is 2.42 bits per heavy atom. The monoisotopic (exact) mass is 349 g/mol. The number of aromatic carboxylic acids is 1. The van der Waals surface area contributed by atoms with Crippen molar-refractivity contribution >= 4 is 21.9 Å². The van der Waals surface area contributed by atoms with Crippen LogP contribution in [-0.4, -0.2) is 22.4 Å². The van der Waals surface area contributed by atoms with Gasteiger partial charge in [-0.25, -0.2) is 18.6 Å². The number of rotatable bonds is 4. The van der Waals surface area contributed by atoms with E-state index < -0.39 is 35.8 Å². The maximum absolute atomic E-state index is 12.6. The zero-order valence-electron chi connectivity index (χ0n) is 8.84. The molecule has 1 heterocycles. The topological polar surface area (TPSA) is 59.4 Å². The first-order valence-electron chi connectivity index (χ1n) is 4.52. The fraction of sp³-hybridized carbons (Fsp3) is 0.333. The normalized spacial score (nSPS) is 11.7. The van der Waals surface area contributed by atoms with Crippen molar-refractivity contribution in [3.05, 3.63) is 22.9 Å². The van der Waals surface area contributed by atoms with Gasteiger partial charge in [-0.15, -0.1) is 13.2 Å². The van der Waals surface area contributed by atoms with Gasteiger partial charge in [0.25, 0.3) is 6.43 Å². The van der Waals surface area contributed by atoms with E-state index >= 15 is 0 Å². The van der Waals surface area contributed by atoms with Crippen LogP contribution in [0.15, 0.2) is 6.07 Å². The number of pyridine rings is 1. The van der Waals surface area contributed by atoms with Crippen LogP contribution in [0.25, 0.3) is 0 Å². The van der Waals surface area contributed by atoms with Gasteiger partial charge in [0.1, 0.15) is 0 Å². The van der Waals surface area contributed by atoms with Gasteiger partial charge in [-0.2, -0.15) is 0 Å². The lowest BCUT2D eigenvalue weighted by molar-refractivity contribution is -0.276. The molecule has 0 aliphatic carbocycles. The number of hydrogen-bond donors (Lipinski definition) is 1. The molecule has 19 heavy (non-hydrogen) atoms. The summed E-state index contributed by atoms with van der Waals surface area (Å²) in [4.78, 5) is 14.0. The van der Waals surface area contributed by atoms with E-state index in [4.69, 9.17) is 5.11 Å². The molecular weight excluding hydrogens is 345 g/mol. The average Bonchev–Trinajstić information content (AvgIpc) is 2.25. The third kappa shape index (κ3) is 4.01. The van der Waals surface area contributed by atoms with Crippen molar-refractivity contribution in [1.82, 2.24) is 4.98 Å². The molecule has 0 atom stereocenters. The number of carboxylic acids is 1. The van der Waals surface area contributed by atoms with Crippen LogP contribution in [0.1, 0.15) is 28.0 Å². The highest BCUT2D eigenvalue weighted by molar-refractivity contribution is 9.08. The van der Waals surface area contributed by atoms with Crippen LogP contribution < -0.4 is 4.74 Å². The van der Waals surface area contributed by atoms with E-state index in [-0.39, 0.29) is 11.0 Å². The van der Waals surface area contributed by atoms with Gasteiger partial charge in [0, 0.05) is 5.33 Å².